The number of pyridine rings is 3. The van der Waals surface area contributed by atoms with E-state index in [1.54, 1.807) is 18.5 Å². The Morgan fingerprint density at radius 3 is 2.57 bits per heavy atom. The molecule has 5 rings (SSSR count). The highest BCUT2D eigenvalue weighted by Crippen LogP contribution is 2.42. The predicted octanol–water partition coefficient (Wildman–Crippen LogP) is 6.64. The number of nitrogens with one attached hydrogen (secondary N) is 2. The summed E-state index contributed by atoms with van der Waals surface area (Å²) in [5.41, 5.74) is 2.99. The first kappa shape index (κ1) is 30.6. The Morgan fingerprint density at radius 1 is 1.17 bits per heavy atom. The van der Waals surface area contributed by atoms with Crippen LogP contribution in [0.3, 0.4) is 0 Å². The number of hydrogen-bond donors (Lipinski definition) is 3. The lowest BCUT2D eigenvalue weighted by Crippen LogP contribution is -2.41. The van der Waals surface area contributed by atoms with Gasteiger partial charge in [-0.15, -0.1) is 16.1 Å². The quantitative estimate of drug-likeness (QED) is 0.192. The zero-order valence-electron chi connectivity index (χ0n) is 24.0. The number of carboxylic acid groups (broad SMARTS) is 1. The maximum atomic E-state index is 13.3. The number of rotatable bonds is 7. The van der Waals surface area contributed by atoms with Gasteiger partial charge in [0.1, 0.15) is 22.2 Å². The highest BCUT2D eigenvalue weighted by molar-refractivity contribution is 7.90. The fourth-order valence-corrected chi connectivity index (χ4v) is 6.92. The second-order valence-corrected chi connectivity index (χ2v) is 15.1. The lowest BCUT2D eigenvalue weighted by molar-refractivity contribution is -0.159. The number of fused-ring (bicyclic) bond motifs is 1. The van der Waals surface area contributed by atoms with Crippen LogP contribution in [0.25, 0.3) is 21.5 Å². The van der Waals surface area contributed by atoms with Crippen LogP contribution in [0.5, 0.6) is 0 Å². The minimum Gasteiger partial charge on any atom is -0.598 e. The van der Waals surface area contributed by atoms with Gasteiger partial charge in [0.2, 0.25) is 0 Å². The summed E-state index contributed by atoms with van der Waals surface area (Å²) >= 11 is 6.53. The maximum absolute atomic E-state index is 13.3. The van der Waals surface area contributed by atoms with Gasteiger partial charge in [0, 0.05) is 34.2 Å². The zero-order chi connectivity index (χ0) is 30.4. The van der Waals surface area contributed by atoms with Crippen molar-refractivity contribution in [2.45, 2.75) is 63.7 Å². The molecule has 3 atom stereocenters. The van der Waals surface area contributed by atoms with Crippen LogP contribution < -0.4 is 10.0 Å². The van der Waals surface area contributed by atoms with Crippen molar-refractivity contribution in [3.63, 3.8) is 0 Å². The summed E-state index contributed by atoms with van der Waals surface area (Å²) < 4.78 is 28.9. The highest BCUT2D eigenvalue weighted by atomic mass is 35.5. The Balaban J connectivity index is 1.60. The van der Waals surface area contributed by atoms with Crippen LogP contribution in [0.1, 0.15) is 63.7 Å². The molecule has 222 valence electrons. The molecule has 1 fully saturated rings. The van der Waals surface area contributed by atoms with E-state index in [1.165, 1.54) is 17.4 Å². The largest absolute Gasteiger partial charge is 0.598 e. The molecule has 0 spiro atoms. The topological polar surface area (TPSA) is 142 Å². The van der Waals surface area contributed by atoms with E-state index in [4.69, 9.17) is 21.1 Å². The molecule has 0 aromatic carbocycles. The summed E-state index contributed by atoms with van der Waals surface area (Å²) in [6, 6.07) is 10.1. The molecule has 1 saturated heterocycles. The van der Waals surface area contributed by atoms with Crippen molar-refractivity contribution >= 4 is 56.4 Å². The fraction of sp³-hybridized carbons (Fsp3) is 0.379. The molecule has 0 saturated carbocycles. The van der Waals surface area contributed by atoms with Gasteiger partial charge in [-0.2, -0.15) is 0 Å². The summed E-state index contributed by atoms with van der Waals surface area (Å²) in [6.07, 6.45) is 2.23. The molecule has 13 heteroatoms. The lowest BCUT2D eigenvalue weighted by atomic mass is 9.96. The van der Waals surface area contributed by atoms with Gasteiger partial charge in [0.15, 0.2) is 5.79 Å². The number of nitrogens with zero attached hydrogens (tertiary/aromatic N) is 3. The Labute approximate surface area is 256 Å². The van der Waals surface area contributed by atoms with Crippen molar-refractivity contribution in [3.8, 4) is 11.3 Å². The standard InChI is InChI=1S/C29H32ClN5O5S2/c1-27(2,3)42(38)35-24(23-18(30)7-8-22(33-23)34-26(36)37)21-14-20-25(41-21)17(10-12-32-20)19-13-16(9-11-31-19)29(6)15-39-28(4,5)40-29/h7-14,24,35H,15H2,1-6H3,(H,33,34)(H,36,37)/t24?,29?,42-/m0/s1. The van der Waals surface area contributed by atoms with E-state index in [1.807, 2.05) is 65.8 Å². The monoisotopic (exact) mass is 629 g/mol. The van der Waals surface area contributed by atoms with E-state index >= 15 is 0 Å². The second kappa shape index (κ2) is 11.3. The van der Waals surface area contributed by atoms with Crippen molar-refractivity contribution in [1.82, 2.24) is 19.7 Å². The first-order chi connectivity index (χ1) is 19.6. The van der Waals surface area contributed by atoms with E-state index in [9.17, 15) is 14.5 Å². The first-order valence-electron chi connectivity index (χ1n) is 13.2. The maximum Gasteiger partial charge on any atom is 0.410 e. The fourth-order valence-electron chi connectivity index (χ4n) is 4.63. The number of amides is 1. The van der Waals surface area contributed by atoms with Crippen molar-refractivity contribution in [2.75, 3.05) is 11.9 Å². The molecule has 4 aromatic rings. The molecule has 1 aliphatic rings. The minimum atomic E-state index is -1.51. The average Bonchev–Trinajstić information content (AvgIpc) is 3.47. The van der Waals surface area contributed by atoms with Crippen molar-refractivity contribution in [2.24, 2.45) is 0 Å². The van der Waals surface area contributed by atoms with Crippen LogP contribution >= 0.6 is 22.9 Å². The molecule has 5 heterocycles. The Morgan fingerprint density at radius 2 is 1.90 bits per heavy atom. The second-order valence-electron chi connectivity index (χ2n) is 11.6. The molecule has 0 radical (unpaired) electrons. The average molecular weight is 630 g/mol. The predicted molar refractivity (Wildman–Crippen MR) is 165 cm³/mol. The molecule has 4 aromatic heterocycles. The molecule has 42 heavy (non-hydrogen) atoms. The van der Waals surface area contributed by atoms with Crippen molar-refractivity contribution in [3.05, 3.63) is 69.9 Å². The summed E-state index contributed by atoms with van der Waals surface area (Å²) in [5.74, 6) is -0.585. The van der Waals surface area contributed by atoms with Crippen LogP contribution in [0.15, 0.2) is 48.8 Å². The normalized spacial score (nSPS) is 20.0. The molecule has 0 bridgehead atoms. The van der Waals surface area contributed by atoms with Gasteiger partial charge in [-0.05, 0) is 83.5 Å². The summed E-state index contributed by atoms with van der Waals surface area (Å²) in [5, 5.41) is 11.8. The lowest BCUT2D eigenvalue weighted by Gasteiger charge is -2.27. The van der Waals surface area contributed by atoms with Gasteiger partial charge in [0.25, 0.3) is 0 Å². The Hall–Kier alpha value is -2.84. The van der Waals surface area contributed by atoms with Crippen LogP contribution in [-0.4, -0.2) is 47.8 Å². The van der Waals surface area contributed by atoms with Crippen LogP contribution in [0.2, 0.25) is 5.02 Å². The van der Waals surface area contributed by atoms with Gasteiger partial charge < -0.3 is 19.1 Å². The smallest absolute Gasteiger partial charge is 0.410 e. The van der Waals surface area contributed by atoms with Crippen LogP contribution in [-0.2, 0) is 26.4 Å². The van der Waals surface area contributed by atoms with E-state index in [0.717, 1.165) is 31.9 Å². The van der Waals surface area contributed by atoms with Crippen LogP contribution in [0.4, 0.5) is 10.6 Å². The number of hydrogen-bond acceptors (Lipinski definition) is 9. The van der Waals surface area contributed by atoms with Crippen LogP contribution in [0, 0.1) is 0 Å². The van der Waals surface area contributed by atoms with Gasteiger partial charge in [-0.3, -0.25) is 15.3 Å². The third-order valence-electron chi connectivity index (χ3n) is 6.69. The van der Waals surface area contributed by atoms with E-state index < -0.39 is 39.6 Å². The van der Waals surface area contributed by atoms with Gasteiger partial charge in [-0.1, -0.05) is 11.6 Å². The molecular weight excluding hydrogens is 598 g/mol. The van der Waals surface area contributed by atoms with E-state index in [2.05, 4.69) is 25.0 Å². The number of thiophene rings is 1. The molecule has 0 aliphatic carbocycles. The van der Waals surface area contributed by atoms with Crippen molar-refractivity contribution in [1.29, 1.82) is 0 Å². The number of aromatic nitrogens is 3. The zero-order valence-corrected chi connectivity index (χ0v) is 26.4. The SMILES string of the molecule is CC1(C)OCC(C)(c2ccnc(-c3ccnc4cc(C(N[S@@+]([O-])C(C)(C)C)c5nc(NC(=O)O)ccc5Cl)sc34)c2)O1. The third-order valence-corrected chi connectivity index (χ3v) is 9.80. The molecule has 1 amide bonds. The number of halogens is 1. The van der Waals surface area contributed by atoms with Crippen molar-refractivity contribution < 1.29 is 23.9 Å². The van der Waals surface area contributed by atoms with Gasteiger partial charge in [-0.25, -0.2) is 9.78 Å². The molecule has 10 nitrogen and oxygen atoms in total. The van der Waals surface area contributed by atoms with E-state index in [-0.39, 0.29) is 5.82 Å². The Kier molecular flexibility index (Phi) is 8.27. The number of anilines is 1. The van der Waals surface area contributed by atoms with E-state index in [0.29, 0.717) is 17.3 Å². The summed E-state index contributed by atoms with van der Waals surface area (Å²) in [6.45, 7) is 11.8. The first-order valence-corrected chi connectivity index (χ1v) is 15.5. The highest BCUT2D eigenvalue weighted by Gasteiger charge is 2.43. The molecule has 3 N–H and O–H groups in total. The minimum absolute atomic E-state index is 0.103. The molecule has 1 aliphatic heterocycles. The van der Waals surface area contributed by atoms with Gasteiger partial charge in [0.05, 0.1) is 33.2 Å². The Bertz CT molecular complexity index is 1640. The summed E-state index contributed by atoms with van der Waals surface area (Å²) in [7, 11) is 0. The summed E-state index contributed by atoms with van der Waals surface area (Å²) in [4.78, 5) is 25.8. The van der Waals surface area contributed by atoms with Gasteiger partial charge >= 0.3 is 6.09 Å². The number of carbonyl (C=O) groups is 1. The third kappa shape index (κ3) is 6.40. The molecular formula is C29H32ClN5O5S2. The number of ether oxygens (including phenoxy) is 2. The molecule has 2 unspecified atom stereocenters.